The summed E-state index contributed by atoms with van der Waals surface area (Å²) in [4.78, 5) is 37.7. The SMILES string of the molecule is CC/C=C\C/C=C\C/C=C\C/C=C\C/C=C\C/C=C\CCCCCCC(=O)OCC(COC(=O)CCCCCCC)OC(=O)CCCC/C=C\C/C=C\C/C=C\C/C=C\C/C=C\C/C=C\CC. The largest absolute Gasteiger partial charge is 0.462 e. The number of carbonyl (C=O) groups excluding carboxylic acids is 3. The molecule has 0 aliphatic heterocycles. The van der Waals surface area contributed by atoms with E-state index in [4.69, 9.17) is 14.2 Å². The second-order valence-corrected chi connectivity index (χ2v) is 16.7. The Morgan fingerprint density at radius 1 is 0.313 bits per heavy atom. The Bertz CT molecular complexity index is 1530. The van der Waals surface area contributed by atoms with Gasteiger partial charge in [-0.2, -0.15) is 0 Å². The molecule has 0 spiro atoms. The molecule has 0 saturated carbocycles. The van der Waals surface area contributed by atoms with Crippen molar-refractivity contribution in [2.24, 2.45) is 0 Å². The highest BCUT2D eigenvalue weighted by molar-refractivity contribution is 5.71. The van der Waals surface area contributed by atoms with Crippen molar-refractivity contribution in [3.63, 3.8) is 0 Å². The van der Waals surface area contributed by atoms with Crippen LogP contribution in [-0.2, 0) is 28.6 Å². The Hall–Kier alpha value is -4.71. The number of hydrogen-bond acceptors (Lipinski definition) is 6. The van der Waals surface area contributed by atoms with Gasteiger partial charge in [-0.15, -0.1) is 0 Å². The van der Waals surface area contributed by atoms with Crippen molar-refractivity contribution in [3.05, 3.63) is 146 Å². The molecular formula is C61H94O6. The van der Waals surface area contributed by atoms with Gasteiger partial charge >= 0.3 is 17.9 Å². The van der Waals surface area contributed by atoms with Gasteiger partial charge in [0.25, 0.3) is 0 Å². The van der Waals surface area contributed by atoms with Crippen LogP contribution in [-0.4, -0.2) is 37.2 Å². The number of hydrogen-bond donors (Lipinski definition) is 0. The molecule has 374 valence electrons. The van der Waals surface area contributed by atoms with E-state index in [1.807, 2.05) is 0 Å². The molecule has 0 aliphatic carbocycles. The van der Waals surface area contributed by atoms with Crippen LogP contribution in [0.15, 0.2) is 146 Å². The van der Waals surface area contributed by atoms with Gasteiger partial charge in [-0.25, -0.2) is 0 Å². The highest BCUT2D eigenvalue weighted by atomic mass is 16.6. The highest BCUT2D eigenvalue weighted by Gasteiger charge is 2.19. The lowest BCUT2D eigenvalue weighted by molar-refractivity contribution is -0.167. The summed E-state index contributed by atoms with van der Waals surface area (Å²) in [5.41, 5.74) is 0. The maximum absolute atomic E-state index is 12.7. The van der Waals surface area contributed by atoms with Gasteiger partial charge in [-0.3, -0.25) is 14.4 Å². The molecule has 0 N–H and O–H groups in total. The van der Waals surface area contributed by atoms with Gasteiger partial charge < -0.3 is 14.2 Å². The van der Waals surface area contributed by atoms with Crippen LogP contribution in [0.25, 0.3) is 0 Å². The zero-order valence-corrected chi connectivity index (χ0v) is 42.6. The summed E-state index contributed by atoms with van der Waals surface area (Å²) < 4.78 is 16.6. The second kappa shape index (κ2) is 53.9. The summed E-state index contributed by atoms with van der Waals surface area (Å²) in [5, 5.41) is 0. The second-order valence-electron chi connectivity index (χ2n) is 16.7. The van der Waals surface area contributed by atoms with Gasteiger partial charge in [0.05, 0.1) is 0 Å². The molecule has 0 aromatic heterocycles. The summed E-state index contributed by atoms with van der Waals surface area (Å²) in [6.45, 7) is 6.24. The van der Waals surface area contributed by atoms with Gasteiger partial charge in [0.2, 0.25) is 0 Å². The zero-order valence-electron chi connectivity index (χ0n) is 42.6. The molecule has 0 aromatic rings. The van der Waals surface area contributed by atoms with Gasteiger partial charge in [0, 0.05) is 19.3 Å². The van der Waals surface area contributed by atoms with Gasteiger partial charge in [0.1, 0.15) is 13.2 Å². The van der Waals surface area contributed by atoms with Crippen molar-refractivity contribution in [1.29, 1.82) is 0 Å². The van der Waals surface area contributed by atoms with Crippen LogP contribution in [0.5, 0.6) is 0 Å². The number of carbonyl (C=O) groups is 3. The van der Waals surface area contributed by atoms with E-state index in [-0.39, 0.29) is 37.5 Å². The number of esters is 3. The number of unbranched alkanes of at least 4 members (excludes halogenated alkanes) is 10. The predicted octanol–water partition coefficient (Wildman–Crippen LogP) is 17.6. The summed E-state index contributed by atoms with van der Waals surface area (Å²) >= 11 is 0. The van der Waals surface area contributed by atoms with Crippen LogP contribution in [0.1, 0.15) is 201 Å². The third-order valence-electron chi connectivity index (χ3n) is 10.3. The topological polar surface area (TPSA) is 78.9 Å². The van der Waals surface area contributed by atoms with E-state index in [9.17, 15) is 14.4 Å². The van der Waals surface area contributed by atoms with Gasteiger partial charge in [0.15, 0.2) is 6.10 Å². The van der Waals surface area contributed by atoms with E-state index in [1.54, 1.807) is 0 Å². The molecule has 0 heterocycles. The van der Waals surface area contributed by atoms with Gasteiger partial charge in [-0.05, 0) is 122 Å². The van der Waals surface area contributed by atoms with Crippen LogP contribution in [0.3, 0.4) is 0 Å². The molecule has 67 heavy (non-hydrogen) atoms. The Labute approximate surface area is 410 Å². The summed E-state index contributed by atoms with van der Waals surface area (Å²) in [6, 6.07) is 0. The molecule has 0 radical (unpaired) electrons. The number of rotatable bonds is 45. The van der Waals surface area contributed by atoms with E-state index in [0.29, 0.717) is 19.3 Å². The minimum absolute atomic E-state index is 0.111. The Kier molecular flexibility index (Phi) is 50.1. The van der Waals surface area contributed by atoms with Crippen molar-refractivity contribution in [2.75, 3.05) is 13.2 Å². The van der Waals surface area contributed by atoms with E-state index in [1.165, 1.54) is 0 Å². The van der Waals surface area contributed by atoms with Gasteiger partial charge in [-0.1, -0.05) is 205 Å². The van der Waals surface area contributed by atoms with Crippen LogP contribution in [0.2, 0.25) is 0 Å². The fourth-order valence-electron chi connectivity index (χ4n) is 6.45. The van der Waals surface area contributed by atoms with E-state index < -0.39 is 6.10 Å². The Morgan fingerprint density at radius 2 is 0.582 bits per heavy atom. The maximum Gasteiger partial charge on any atom is 0.306 e. The minimum atomic E-state index is -0.815. The minimum Gasteiger partial charge on any atom is -0.462 e. The first-order chi connectivity index (χ1) is 33.0. The average molecular weight is 923 g/mol. The van der Waals surface area contributed by atoms with Crippen LogP contribution in [0, 0.1) is 0 Å². The molecule has 0 aromatic carbocycles. The van der Waals surface area contributed by atoms with Crippen molar-refractivity contribution in [1.82, 2.24) is 0 Å². The Morgan fingerprint density at radius 3 is 0.925 bits per heavy atom. The summed E-state index contributed by atoms with van der Waals surface area (Å²) in [6.07, 6.45) is 77.3. The molecule has 1 unspecified atom stereocenters. The van der Waals surface area contributed by atoms with E-state index in [0.717, 1.165) is 154 Å². The first-order valence-corrected chi connectivity index (χ1v) is 26.3. The van der Waals surface area contributed by atoms with Crippen molar-refractivity contribution >= 4 is 17.9 Å². The van der Waals surface area contributed by atoms with Crippen molar-refractivity contribution in [2.45, 2.75) is 207 Å². The molecule has 1 atom stereocenters. The molecule has 0 bridgehead atoms. The third-order valence-corrected chi connectivity index (χ3v) is 10.3. The normalized spacial score (nSPS) is 13.3. The van der Waals surface area contributed by atoms with Crippen molar-refractivity contribution < 1.29 is 28.6 Å². The molecule has 6 nitrogen and oxygen atoms in total. The fourth-order valence-corrected chi connectivity index (χ4v) is 6.45. The lowest BCUT2D eigenvalue weighted by Gasteiger charge is -2.18. The third kappa shape index (κ3) is 52.1. The molecular weight excluding hydrogens is 829 g/mol. The monoisotopic (exact) mass is 923 g/mol. The van der Waals surface area contributed by atoms with E-state index in [2.05, 4.69) is 167 Å². The standard InChI is InChI=1S/C61H94O6/c1-4-7-10-13-15-17-19-21-23-25-27-29-30-32-33-35-37-39-41-43-45-48-51-54-60(63)66-57-58(56-65-59(62)53-50-47-12-9-6-3)67-61(64)55-52-49-46-44-42-40-38-36-34-31-28-26-24-22-20-18-16-14-11-8-5-2/h7-8,10-11,15-18,21-24,27-29,31-33,36-39,42,44,58H,4-6,9,12-14,19-20,25-26,30,34-35,40-41,43,45-57H2,1-3H3/b10-7-,11-8-,17-15-,18-16-,23-21-,24-22-,29-27-,31-28-,33-32-,38-36-,39-37-,44-42-. The molecule has 6 heteroatoms. The lowest BCUT2D eigenvalue weighted by atomic mass is 10.1. The first-order valence-electron chi connectivity index (χ1n) is 26.3. The van der Waals surface area contributed by atoms with Crippen LogP contribution >= 0.6 is 0 Å². The number of allylic oxidation sites excluding steroid dienone is 24. The van der Waals surface area contributed by atoms with Crippen LogP contribution in [0.4, 0.5) is 0 Å². The molecule has 0 amide bonds. The fraction of sp³-hybridized carbons (Fsp3) is 0.557. The Balaban J connectivity index is 4.33. The lowest BCUT2D eigenvalue weighted by Crippen LogP contribution is -2.30. The van der Waals surface area contributed by atoms with Crippen molar-refractivity contribution in [3.8, 4) is 0 Å². The molecule has 0 fully saturated rings. The maximum atomic E-state index is 12.7. The molecule has 0 aliphatic rings. The zero-order chi connectivity index (χ0) is 48.6. The first kappa shape index (κ1) is 62.3. The van der Waals surface area contributed by atoms with E-state index >= 15 is 0 Å². The number of ether oxygens (including phenoxy) is 3. The van der Waals surface area contributed by atoms with Crippen LogP contribution < -0.4 is 0 Å². The summed E-state index contributed by atoms with van der Waals surface area (Å²) in [7, 11) is 0. The average Bonchev–Trinajstić information content (AvgIpc) is 3.33. The summed E-state index contributed by atoms with van der Waals surface area (Å²) in [5.74, 6) is -1.01. The highest BCUT2D eigenvalue weighted by Crippen LogP contribution is 2.11. The predicted molar refractivity (Wildman–Crippen MR) is 288 cm³/mol. The molecule has 0 saturated heterocycles. The molecule has 0 rings (SSSR count). The quantitative estimate of drug-likeness (QED) is 0.0262. The smallest absolute Gasteiger partial charge is 0.306 e.